The van der Waals surface area contributed by atoms with Crippen molar-refractivity contribution in [2.24, 2.45) is 5.92 Å². The van der Waals surface area contributed by atoms with Crippen molar-refractivity contribution < 1.29 is 31.5 Å². The van der Waals surface area contributed by atoms with Crippen LogP contribution in [0.5, 0.6) is 0 Å². The van der Waals surface area contributed by atoms with Crippen molar-refractivity contribution in [1.29, 1.82) is 0 Å². The molecule has 1 aromatic rings. The molecule has 0 aliphatic carbocycles. The van der Waals surface area contributed by atoms with E-state index in [-0.39, 0.29) is 25.6 Å². The van der Waals surface area contributed by atoms with E-state index in [1.807, 2.05) is 13.8 Å². The first-order valence-corrected chi connectivity index (χ1v) is 9.71. The average molecular weight is 405 g/mol. The highest BCUT2D eigenvalue weighted by molar-refractivity contribution is 7.89. The SMILES string of the molecule is CC(C)CNC(=O)C(=O)NC[C@H]1OCCN1S(=O)(=O)c1cc(F)ccc1F. The minimum atomic E-state index is -4.39. The molecule has 27 heavy (non-hydrogen) atoms. The summed E-state index contributed by atoms with van der Waals surface area (Å²) in [5.74, 6) is -3.64. The molecule has 0 spiro atoms. The number of amides is 2. The Bertz CT molecular complexity index is 816. The lowest BCUT2D eigenvalue weighted by Gasteiger charge is -2.23. The third kappa shape index (κ3) is 5.21. The molecule has 1 saturated heterocycles. The van der Waals surface area contributed by atoms with E-state index < -0.39 is 44.6 Å². The van der Waals surface area contributed by atoms with Gasteiger partial charge in [0.15, 0.2) is 0 Å². The van der Waals surface area contributed by atoms with E-state index in [0.29, 0.717) is 12.6 Å². The van der Waals surface area contributed by atoms with Crippen LogP contribution >= 0.6 is 0 Å². The highest BCUT2D eigenvalue weighted by Crippen LogP contribution is 2.24. The fourth-order valence-corrected chi connectivity index (χ4v) is 3.97. The molecule has 1 aliphatic rings. The number of rotatable bonds is 6. The van der Waals surface area contributed by atoms with Gasteiger partial charge in [-0.2, -0.15) is 4.31 Å². The summed E-state index contributed by atoms with van der Waals surface area (Å²) in [4.78, 5) is 22.6. The maximum Gasteiger partial charge on any atom is 0.309 e. The summed E-state index contributed by atoms with van der Waals surface area (Å²) in [6.45, 7) is 3.63. The third-order valence-corrected chi connectivity index (χ3v) is 5.64. The Kier molecular flexibility index (Phi) is 6.84. The molecule has 0 bridgehead atoms. The second-order valence-electron chi connectivity index (χ2n) is 6.33. The second-order valence-corrected chi connectivity index (χ2v) is 8.19. The van der Waals surface area contributed by atoms with Gasteiger partial charge < -0.3 is 15.4 Å². The van der Waals surface area contributed by atoms with E-state index in [4.69, 9.17) is 4.74 Å². The molecule has 1 aliphatic heterocycles. The van der Waals surface area contributed by atoms with Crippen molar-refractivity contribution in [2.75, 3.05) is 26.2 Å². The van der Waals surface area contributed by atoms with Gasteiger partial charge in [-0.25, -0.2) is 17.2 Å². The fraction of sp³-hybridized carbons (Fsp3) is 0.500. The molecule has 0 aromatic heterocycles. The first-order chi connectivity index (χ1) is 12.6. The van der Waals surface area contributed by atoms with Crippen LogP contribution in [-0.4, -0.2) is 57.0 Å². The summed E-state index contributed by atoms with van der Waals surface area (Å²) < 4.78 is 58.5. The molecule has 2 N–H and O–H groups in total. The summed E-state index contributed by atoms with van der Waals surface area (Å²) in [5, 5.41) is 4.70. The molecule has 8 nitrogen and oxygen atoms in total. The fourth-order valence-electron chi connectivity index (χ4n) is 2.38. The molecule has 1 heterocycles. The van der Waals surface area contributed by atoms with Gasteiger partial charge in [0.1, 0.15) is 22.8 Å². The summed E-state index contributed by atoms with van der Waals surface area (Å²) in [6.07, 6.45) is -1.14. The van der Waals surface area contributed by atoms with Gasteiger partial charge in [-0.05, 0) is 24.1 Å². The maximum atomic E-state index is 13.9. The number of hydrogen-bond donors (Lipinski definition) is 2. The molecule has 0 saturated carbocycles. The minimum Gasteiger partial charge on any atom is -0.359 e. The standard InChI is InChI=1S/C16H21F2N3O5S/c1-10(2)8-19-15(22)16(23)20-9-14-21(5-6-26-14)27(24,25)13-7-11(17)3-4-12(13)18/h3-4,7,10,14H,5-6,8-9H2,1-2H3,(H,19,22)(H,20,23)/t14-/m1/s1. The number of carbonyl (C=O) groups is 2. The monoisotopic (exact) mass is 405 g/mol. The van der Waals surface area contributed by atoms with Gasteiger partial charge in [-0.3, -0.25) is 9.59 Å². The van der Waals surface area contributed by atoms with Crippen LogP contribution in [0.1, 0.15) is 13.8 Å². The molecule has 2 amide bonds. The molecule has 1 aromatic carbocycles. The largest absolute Gasteiger partial charge is 0.359 e. The molecule has 2 rings (SSSR count). The topological polar surface area (TPSA) is 105 Å². The normalized spacial score (nSPS) is 17.9. The van der Waals surface area contributed by atoms with Gasteiger partial charge in [0, 0.05) is 13.1 Å². The van der Waals surface area contributed by atoms with Crippen LogP contribution in [0.2, 0.25) is 0 Å². The van der Waals surface area contributed by atoms with E-state index in [1.54, 1.807) is 0 Å². The zero-order valence-electron chi connectivity index (χ0n) is 14.9. The molecular weight excluding hydrogens is 384 g/mol. The predicted octanol–water partition coefficient (Wildman–Crippen LogP) is 0.200. The molecule has 0 radical (unpaired) electrons. The zero-order valence-corrected chi connectivity index (χ0v) is 15.7. The first kappa shape index (κ1) is 21.2. The van der Waals surface area contributed by atoms with Crippen LogP contribution in [0.25, 0.3) is 0 Å². The van der Waals surface area contributed by atoms with Gasteiger partial charge >= 0.3 is 11.8 Å². The van der Waals surface area contributed by atoms with Gasteiger partial charge in [-0.15, -0.1) is 0 Å². The van der Waals surface area contributed by atoms with Crippen LogP contribution in [0.4, 0.5) is 8.78 Å². The lowest BCUT2D eigenvalue weighted by atomic mass is 10.2. The number of nitrogens with zero attached hydrogens (tertiary/aromatic N) is 1. The van der Waals surface area contributed by atoms with Crippen LogP contribution < -0.4 is 10.6 Å². The molecule has 150 valence electrons. The zero-order chi connectivity index (χ0) is 20.2. The summed E-state index contributed by atoms with van der Waals surface area (Å²) >= 11 is 0. The number of hydrogen-bond acceptors (Lipinski definition) is 5. The van der Waals surface area contributed by atoms with Crippen molar-refractivity contribution in [2.45, 2.75) is 25.0 Å². The van der Waals surface area contributed by atoms with E-state index in [9.17, 15) is 26.8 Å². The Morgan fingerprint density at radius 2 is 1.93 bits per heavy atom. The molecule has 1 fully saturated rings. The number of halogens is 2. The predicted molar refractivity (Wildman–Crippen MR) is 90.8 cm³/mol. The van der Waals surface area contributed by atoms with Gasteiger partial charge in [0.05, 0.1) is 13.2 Å². The Morgan fingerprint density at radius 1 is 1.26 bits per heavy atom. The molecule has 0 unspecified atom stereocenters. The van der Waals surface area contributed by atoms with Crippen molar-refractivity contribution in [1.82, 2.24) is 14.9 Å². The quantitative estimate of drug-likeness (QED) is 0.658. The number of ether oxygens (including phenoxy) is 1. The first-order valence-electron chi connectivity index (χ1n) is 8.27. The Morgan fingerprint density at radius 3 is 2.59 bits per heavy atom. The molecular formula is C16H21F2N3O5S. The number of benzene rings is 1. The van der Waals surface area contributed by atoms with Crippen LogP contribution in [0, 0.1) is 17.6 Å². The summed E-state index contributed by atoms with van der Waals surface area (Å²) in [7, 11) is -4.39. The minimum absolute atomic E-state index is 0.0102. The maximum absolute atomic E-state index is 13.9. The molecule has 1 atom stereocenters. The molecule has 11 heteroatoms. The average Bonchev–Trinajstić information content (AvgIpc) is 3.08. The van der Waals surface area contributed by atoms with Crippen molar-refractivity contribution in [3.8, 4) is 0 Å². The number of nitrogens with one attached hydrogen (secondary N) is 2. The highest BCUT2D eigenvalue weighted by atomic mass is 32.2. The van der Waals surface area contributed by atoms with E-state index in [1.165, 1.54) is 0 Å². The number of carbonyl (C=O) groups excluding carboxylic acids is 2. The highest BCUT2D eigenvalue weighted by Gasteiger charge is 2.38. The van der Waals surface area contributed by atoms with Gasteiger partial charge in [-0.1, -0.05) is 13.8 Å². The van der Waals surface area contributed by atoms with Crippen molar-refractivity contribution in [3.05, 3.63) is 29.8 Å². The Balaban J connectivity index is 2.05. The van der Waals surface area contributed by atoms with Gasteiger partial charge in [0.25, 0.3) is 0 Å². The Labute approximate surface area is 155 Å². The lowest BCUT2D eigenvalue weighted by molar-refractivity contribution is -0.139. The van der Waals surface area contributed by atoms with Gasteiger partial charge in [0.2, 0.25) is 10.0 Å². The lowest BCUT2D eigenvalue weighted by Crippen LogP contribution is -2.47. The van der Waals surface area contributed by atoms with E-state index in [2.05, 4.69) is 10.6 Å². The van der Waals surface area contributed by atoms with Crippen LogP contribution in [0.3, 0.4) is 0 Å². The smallest absolute Gasteiger partial charge is 0.309 e. The summed E-state index contributed by atoms with van der Waals surface area (Å²) in [5.41, 5.74) is 0. The number of sulfonamides is 1. The van der Waals surface area contributed by atoms with Crippen molar-refractivity contribution >= 4 is 21.8 Å². The third-order valence-electron chi connectivity index (χ3n) is 3.74. The Hall–Kier alpha value is -2.11. The van der Waals surface area contributed by atoms with E-state index >= 15 is 0 Å². The van der Waals surface area contributed by atoms with E-state index in [0.717, 1.165) is 16.4 Å². The van der Waals surface area contributed by atoms with Crippen molar-refractivity contribution in [3.63, 3.8) is 0 Å². The van der Waals surface area contributed by atoms with Crippen LogP contribution in [0.15, 0.2) is 23.1 Å². The second kappa shape index (κ2) is 8.72. The van der Waals surface area contributed by atoms with Crippen LogP contribution in [-0.2, 0) is 24.3 Å². The summed E-state index contributed by atoms with van der Waals surface area (Å²) in [6, 6.07) is 2.11.